The maximum absolute atomic E-state index is 12.0. The van der Waals surface area contributed by atoms with Gasteiger partial charge in [-0.15, -0.1) is 0 Å². The number of hydrogen-bond donors (Lipinski definition) is 1. The van der Waals surface area contributed by atoms with Crippen LogP contribution in [0.5, 0.6) is 0 Å². The lowest BCUT2D eigenvalue weighted by Gasteiger charge is -2.27. The van der Waals surface area contributed by atoms with E-state index >= 15 is 0 Å². The Bertz CT molecular complexity index is 301. The molecule has 1 unspecified atom stereocenters. The summed E-state index contributed by atoms with van der Waals surface area (Å²) in [5, 5.41) is 8.68. The van der Waals surface area contributed by atoms with E-state index in [4.69, 9.17) is 9.84 Å². The van der Waals surface area contributed by atoms with Crippen molar-refractivity contribution >= 4 is 10.2 Å². The summed E-state index contributed by atoms with van der Waals surface area (Å²) in [4.78, 5) is 0. The van der Waals surface area contributed by atoms with Crippen LogP contribution in [0, 0.1) is 0 Å². The zero-order valence-electron chi connectivity index (χ0n) is 9.79. The highest BCUT2D eigenvalue weighted by molar-refractivity contribution is 7.86. The Labute approximate surface area is 97.0 Å². The van der Waals surface area contributed by atoms with Crippen molar-refractivity contribution in [2.24, 2.45) is 0 Å². The van der Waals surface area contributed by atoms with Crippen LogP contribution in [-0.2, 0) is 14.9 Å². The van der Waals surface area contributed by atoms with Crippen molar-refractivity contribution < 1.29 is 18.3 Å². The number of aliphatic hydroxyl groups is 1. The van der Waals surface area contributed by atoms with Gasteiger partial charge in [0.1, 0.15) is 0 Å². The summed E-state index contributed by atoms with van der Waals surface area (Å²) in [6.45, 7) is 1.40. The SMILES string of the molecule is CN(CCCO)S(=O)(=O)N(C)C1CCOC1. The molecule has 1 saturated heterocycles. The molecule has 1 rings (SSSR count). The Morgan fingerprint density at radius 2 is 2.12 bits per heavy atom. The average Bonchev–Trinajstić information content (AvgIpc) is 2.77. The highest BCUT2D eigenvalue weighted by atomic mass is 32.2. The van der Waals surface area contributed by atoms with E-state index < -0.39 is 10.2 Å². The molecule has 1 atom stereocenters. The number of nitrogens with zero attached hydrogens (tertiary/aromatic N) is 2. The molecular weight excluding hydrogens is 232 g/mol. The number of aliphatic hydroxyl groups excluding tert-OH is 1. The van der Waals surface area contributed by atoms with Crippen LogP contribution in [-0.4, -0.2) is 68.6 Å². The molecule has 1 N–H and O–H groups in total. The Hall–Kier alpha value is -0.210. The van der Waals surface area contributed by atoms with Crippen LogP contribution in [0.4, 0.5) is 0 Å². The molecular formula is C9H20N2O4S. The summed E-state index contributed by atoms with van der Waals surface area (Å²) in [5.74, 6) is 0. The topological polar surface area (TPSA) is 70.1 Å². The standard InChI is InChI=1S/C9H20N2O4S/c1-10(5-3-6-12)16(13,14)11(2)9-4-7-15-8-9/h9,12H,3-8H2,1-2H3. The van der Waals surface area contributed by atoms with Crippen molar-refractivity contribution in [3.63, 3.8) is 0 Å². The highest BCUT2D eigenvalue weighted by Gasteiger charge is 2.31. The molecule has 1 fully saturated rings. The van der Waals surface area contributed by atoms with E-state index in [1.165, 1.54) is 15.7 Å². The predicted octanol–water partition coefficient (Wildman–Crippen LogP) is -0.734. The van der Waals surface area contributed by atoms with Gasteiger partial charge in [-0.1, -0.05) is 0 Å². The molecule has 6 nitrogen and oxygen atoms in total. The fraction of sp³-hybridized carbons (Fsp3) is 1.00. The number of rotatable bonds is 6. The van der Waals surface area contributed by atoms with Crippen molar-refractivity contribution in [3.05, 3.63) is 0 Å². The van der Waals surface area contributed by atoms with Crippen molar-refractivity contribution in [2.75, 3.05) is 40.5 Å². The van der Waals surface area contributed by atoms with E-state index in [-0.39, 0.29) is 12.6 Å². The fourth-order valence-corrected chi connectivity index (χ4v) is 2.97. The number of likely N-dealkylation sites (N-methyl/N-ethyl adjacent to an activating group) is 1. The van der Waals surface area contributed by atoms with Crippen molar-refractivity contribution in [3.8, 4) is 0 Å². The lowest BCUT2D eigenvalue weighted by atomic mass is 10.3. The van der Waals surface area contributed by atoms with Gasteiger partial charge in [-0.25, -0.2) is 0 Å². The van der Waals surface area contributed by atoms with Gasteiger partial charge in [0.15, 0.2) is 0 Å². The second-order valence-electron chi connectivity index (χ2n) is 3.94. The third-order valence-corrected chi connectivity index (χ3v) is 4.81. The number of ether oxygens (including phenoxy) is 1. The molecule has 0 amide bonds. The van der Waals surface area contributed by atoms with Gasteiger partial charge in [-0.2, -0.15) is 17.0 Å². The van der Waals surface area contributed by atoms with Crippen molar-refractivity contribution in [1.82, 2.24) is 8.61 Å². The largest absolute Gasteiger partial charge is 0.396 e. The quantitative estimate of drug-likeness (QED) is 0.676. The van der Waals surface area contributed by atoms with E-state index in [9.17, 15) is 8.42 Å². The molecule has 0 bridgehead atoms. The Morgan fingerprint density at radius 1 is 1.44 bits per heavy atom. The maximum Gasteiger partial charge on any atom is 0.281 e. The van der Waals surface area contributed by atoms with Crippen molar-refractivity contribution in [1.29, 1.82) is 0 Å². The van der Waals surface area contributed by atoms with E-state index in [2.05, 4.69) is 0 Å². The second-order valence-corrected chi connectivity index (χ2v) is 6.04. The molecule has 16 heavy (non-hydrogen) atoms. The zero-order chi connectivity index (χ0) is 12.2. The van der Waals surface area contributed by atoms with Gasteiger partial charge >= 0.3 is 0 Å². The van der Waals surface area contributed by atoms with Gasteiger partial charge in [-0.05, 0) is 12.8 Å². The number of hydrogen-bond acceptors (Lipinski definition) is 4. The van der Waals surface area contributed by atoms with Gasteiger partial charge in [-0.3, -0.25) is 0 Å². The summed E-state index contributed by atoms with van der Waals surface area (Å²) in [7, 11) is -0.320. The third-order valence-electron chi connectivity index (χ3n) is 2.81. The minimum Gasteiger partial charge on any atom is -0.396 e. The molecule has 0 aromatic carbocycles. The van der Waals surface area contributed by atoms with Crippen LogP contribution in [0.25, 0.3) is 0 Å². The molecule has 0 radical (unpaired) electrons. The van der Waals surface area contributed by atoms with Gasteiger partial charge < -0.3 is 9.84 Å². The first-order valence-electron chi connectivity index (χ1n) is 5.38. The first-order chi connectivity index (χ1) is 7.50. The fourth-order valence-electron chi connectivity index (χ4n) is 1.63. The van der Waals surface area contributed by atoms with Crippen molar-refractivity contribution in [2.45, 2.75) is 18.9 Å². The zero-order valence-corrected chi connectivity index (χ0v) is 10.6. The minimum atomic E-state index is -3.42. The van der Waals surface area contributed by atoms with Gasteiger partial charge in [0.25, 0.3) is 10.2 Å². The summed E-state index contributed by atoms with van der Waals surface area (Å²) < 4.78 is 31.9. The molecule has 96 valence electrons. The third kappa shape index (κ3) is 3.14. The van der Waals surface area contributed by atoms with Gasteiger partial charge in [0, 0.05) is 33.9 Å². The summed E-state index contributed by atoms with van der Waals surface area (Å²) in [6.07, 6.45) is 1.19. The molecule has 7 heteroatoms. The summed E-state index contributed by atoms with van der Waals surface area (Å²) in [6, 6.07) is -0.0680. The highest BCUT2D eigenvalue weighted by Crippen LogP contribution is 2.16. The predicted molar refractivity (Wildman–Crippen MR) is 60.2 cm³/mol. The minimum absolute atomic E-state index is 0.00386. The molecule has 1 heterocycles. The first-order valence-corrected chi connectivity index (χ1v) is 6.77. The lowest BCUT2D eigenvalue weighted by molar-refractivity contribution is 0.179. The van der Waals surface area contributed by atoms with E-state index in [1.807, 2.05) is 0 Å². The Balaban J connectivity index is 2.60. The molecule has 0 spiro atoms. The van der Waals surface area contributed by atoms with Gasteiger partial charge in [0.2, 0.25) is 0 Å². The van der Waals surface area contributed by atoms with E-state index in [1.54, 1.807) is 7.05 Å². The van der Waals surface area contributed by atoms with Crippen LogP contribution in [0.15, 0.2) is 0 Å². The van der Waals surface area contributed by atoms with E-state index in [0.717, 1.165) is 6.42 Å². The average molecular weight is 252 g/mol. The monoisotopic (exact) mass is 252 g/mol. The Morgan fingerprint density at radius 3 is 2.62 bits per heavy atom. The second kappa shape index (κ2) is 5.92. The molecule has 0 aliphatic carbocycles. The Kier molecular flexibility index (Phi) is 5.13. The molecule has 0 saturated carbocycles. The summed E-state index contributed by atoms with van der Waals surface area (Å²) >= 11 is 0. The van der Waals surface area contributed by atoms with Crippen LogP contribution in [0.3, 0.4) is 0 Å². The lowest BCUT2D eigenvalue weighted by Crippen LogP contribution is -2.45. The van der Waals surface area contributed by atoms with E-state index in [0.29, 0.717) is 26.2 Å². The maximum atomic E-state index is 12.0. The first kappa shape index (κ1) is 13.9. The van der Waals surface area contributed by atoms with Gasteiger partial charge in [0.05, 0.1) is 12.6 Å². The molecule has 0 aromatic heterocycles. The molecule has 0 aromatic rings. The van der Waals surface area contributed by atoms with Crippen LogP contribution < -0.4 is 0 Å². The molecule has 1 aliphatic heterocycles. The molecule has 1 aliphatic rings. The smallest absolute Gasteiger partial charge is 0.281 e. The normalized spacial score (nSPS) is 22.2. The van der Waals surface area contributed by atoms with Crippen LogP contribution in [0.1, 0.15) is 12.8 Å². The summed E-state index contributed by atoms with van der Waals surface area (Å²) in [5.41, 5.74) is 0. The van der Waals surface area contributed by atoms with Crippen LogP contribution in [0.2, 0.25) is 0 Å². The van der Waals surface area contributed by atoms with Crippen LogP contribution >= 0.6 is 0 Å².